The highest BCUT2D eigenvalue weighted by Crippen LogP contribution is 1.98. The van der Waals surface area contributed by atoms with Crippen LogP contribution in [-0.4, -0.2) is 12.5 Å². The number of carbonyl (C=O) groups is 1. The lowest BCUT2D eigenvalue weighted by Crippen LogP contribution is -2.28. The maximum Gasteiger partial charge on any atom is 0.219 e. The predicted octanol–water partition coefficient (Wildman–Crippen LogP) is 0.923. The molecule has 1 aliphatic heterocycles. The first kappa shape index (κ1) is 7.47. The Labute approximate surface area is 50.3 Å². The molecule has 2 heteroatoms. The second-order valence-corrected chi connectivity index (χ2v) is 1.81. The molecule has 1 fully saturated rings. The predicted molar refractivity (Wildman–Crippen MR) is 33.6 cm³/mol. The number of hydrogen-bond donors (Lipinski definition) is 1. The lowest BCUT2D eigenvalue weighted by molar-refractivity contribution is -0.122. The van der Waals surface area contributed by atoms with Crippen molar-refractivity contribution in [3.63, 3.8) is 0 Å². The number of rotatable bonds is 0. The Morgan fingerprint density at radius 2 is 2.12 bits per heavy atom. The molecule has 1 amide bonds. The first-order valence-corrected chi connectivity index (χ1v) is 2.66. The van der Waals surface area contributed by atoms with Gasteiger partial charge in [-0.15, -0.1) is 0 Å². The van der Waals surface area contributed by atoms with Gasteiger partial charge in [-0.1, -0.05) is 7.43 Å². The molecule has 1 saturated heterocycles. The summed E-state index contributed by atoms with van der Waals surface area (Å²) in [4.78, 5) is 10.4. The Morgan fingerprint density at radius 1 is 1.38 bits per heavy atom. The molecule has 0 spiro atoms. The van der Waals surface area contributed by atoms with Crippen LogP contribution in [0.5, 0.6) is 0 Å². The third-order valence-electron chi connectivity index (χ3n) is 1.15. The molecule has 0 aliphatic carbocycles. The number of hydrogen-bond acceptors (Lipinski definition) is 1. The van der Waals surface area contributed by atoms with E-state index in [-0.39, 0.29) is 13.3 Å². The van der Waals surface area contributed by atoms with E-state index in [0.717, 1.165) is 25.8 Å². The van der Waals surface area contributed by atoms with Crippen LogP contribution in [0.4, 0.5) is 0 Å². The molecule has 8 heavy (non-hydrogen) atoms. The van der Waals surface area contributed by atoms with Gasteiger partial charge >= 0.3 is 0 Å². The minimum atomic E-state index is 0. The van der Waals surface area contributed by atoms with Crippen molar-refractivity contribution in [2.24, 2.45) is 0 Å². The van der Waals surface area contributed by atoms with Gasteiger partial charge in [0.05, 0.1) is 0 Å². The Kier molecular flexibility index (Phi) is 3.24. The van der Waals surface area contributed by atoms with E-state index in [4.69, 9.17) is 0 Å². The van der Waals surface area contributed by atoms with Crippen LogP contribution in [0, 0.1) is 0 Å². The van der Waals surface area contributed by atoms with E-state index in [0.29, 0.717) is 0 Å². The van der Waals surface area contributed by atoms with Crippen LogP contribution in [0.1, 0.15) is 26.7 Å². The Hall–Kier alpha value is -0.530. The number of piperidine rings is 1. The van der Waals surface area contributed by atoms with Crippen LogP contribution in [0.3, 0.4) is 0 Å². The lowest BCUT2D eigenvalue weighted by Gasteiger charge is -2.08. The van der Waals surface area contributed by atoms with Gasteiger partial charge in [-0.3, -0.25) is 4.79 Å². The van der Waals surface area contributed by atoms with Crippen molar-refractivity contribution in [3.05, 3.63) is 0 Å². The van der Waals surface area contributed by atoms with Crippen LogP contribution in [0.15, 0.2) is 0 Å². The molecule has 0 atom stereocenters. The van der Waals surface area contributed by atoms with Gasteiger partial charge in [-0.2, -0.15) is 0 Å². The quantitative estimate of drug-likeness (QED) is 0.499. The van der Waals surface area contributed by atoms with E-state index in [1.807, 2.05) is 0 Å². The van der Waals surface area contributed by atoms with Crippen molar-refractivity contribution in [3.8, 4) is 0 Å². The molecule has 0 radical (unpaired) electrons. The average Bonchev–Trinajstić information content (AvgIpc) is 1.69. The molecule has 0 bridgehead atoms. The smallest absolute Gasteiger partial charge is 0.219 e. The molecule has 0 saturated carbocycles. The number of amides is 1. The molecule has 0 unspecified atom stereocenters. The van der Waals surface area contributed by atoms with Crippen molar-refractivity contribution in [2.45, 2.75) is 26.7 Å². The Balaban J connectivity index is 0.000000490. The van der Waals surface area contributed by atoms with Gasteiger partial charge in [0.15, 0.2) is 0 Å². The highest BCUT2D eigenvalue weighted by Gasteiger charge is 2.04. The maximum atomic E-state index is 10.4. The normalized spacial score (nSPS) is 18.8. The van der Waals surface area contributed by atoms with E-state index >= 15 is 0 Å². The number of nitrogens with one attached hydrogen (secondary N) is 1. The van der Waals surface area contributed by atoms with Crippen molar-refractivity contribution in [1.82, 2.24) is 5.32 Å². The zero-order valence-electron chi connectivity index (χ0n) is 4.24. The van der Waals surface area contributed by atoms with Crippen molar-refractivity contribution >= 4 is 5.91 Å². The molecular formula is C6H13NO. The third kappa shape index (κ3) is 1.96. The first-order chi connectivity index (χ1) is 3.39. The molecule has 1 rings (SSSR count). The van der Waals surface area contributed by atoms with Gasteiger partial charge in [0.1, 0.15) is 0 Å². The summed E-state index contributed by atoms with van der Waals surface area (Å²) >= 11 is 0. The van der Waals surface area contributed by atoms with Gasteiger partial charge in [-0.25, -0.2) is 0 Å². The topological polar surface area (TPSA) is 29.1 Å². The largest absolute Gasteiger partial charge is 0.356 e. The Morgan fingerprint density at radius 3 is 2.38 bits per heavy atom. The van der Waals surface area contributed by atoms with Crippen molar-refractivity contribution in [2.75, 3.05) is 6.54 Å². The summed E-state index contributed by atoms with van der Waals surface area (Å²) in [5.41, 5.74) is 0. The fraction of sp³-hybridized carbons (Fsp3) is 0.833. The van der Waals surface area contributed by atoms with Crippen LogP contribution >= 0.6 is 0 Å². The van der Waals surface area contributed by atoms with E-state index < -0.39 is 0 Å². The summed E-state index contributed by atoms with van der Waals surface area (Å²) < 4.78 is 0. The molecular weight excluding hydrogens is 102 g/mol. The molecule has 0 aromatic heterocycles. The highest BCUT2D eigenvalue weighted by atomic mass is 16.1. The van der Waals surface area contributed by atoms with E-state index in [1.165, 1.54) is 0 Å². The van der Waals surface area contributed by atoms with E-state index in [9.17, 15) is 4.79 Å². The SMILES string of the molecule is C.O=C1CCCCN1. The summed E-state index contributed by atoms with van der Waals surface area (Å²) in [7, 11) is 0. The highest BCUT2D eigenvalue weighted by molar-refractivity contribution is 5.76. The monoisotopic (exact) mass is 115 g/mol. The zero-order chi connectivity index (χ0) is 5.11. The van der Waals surface area contributed by atoms with Crippen LogP contribution < -0.4 is 5.32 Å². The molecule has 1 aliphatic rings. The molecule has 2 nitrogen and oxygen atoms in total. The molecule has 1 heterocycles. The molecule has 1 N–H and O–H groups in total. The summed E-state index contributed by atoms with van der Waals surface area (Å²) in [5, 5.41) is 2.74. The van der Waals surface area contributed by atoms with Gasteiger partial charge in [0.25, 0.3) is 0 Å². The maximum absolute atomic E-state index is 10.4. The summed E-state index contributed by atoms with van der Waals surface area (Å²) in [5.74, 6) is 0.214. The van der Waals surface area contributed by atoms with Crippen molar-refractivity contribution in [1.29, 1.82) is 0 Å². The first-order valence-electron chi connectivity index (χ1n) is 2.66. The number of carbonyl (C=O) groups excluding carboxylic acids is 1. The fourth-order valence-corrected chi connectivity index (χ4v) is 0.727. The minimum absolute atomic E-state index is 0. The summed E-state index contributed by atoms with van der Waals surface area (Å²) in [6, 6.07) is 0. The second kappa shape index (κ2) is 3.47. The molecule has 0 aromatic rings. The van der Waals surface area contributed by atoms with Gasteiger partial charge in [0, 0.05) is 13.0 Å². The van der Waals surface area contributed by atoms with E-state index in [2.05, 4.69) is 5.32 Å². The van der Waals surface area contributed by atoms with Crippen molar-refractivity contribution < 1.29 is 4.79 Å². The third-order valence-corrected chi connectivity index (χ3v) is 1.15. The second-order valence-electron chi connectivity index (χ2n) is 1.81. The summed E-state index contributed by atoms with van der Waals surface area (Å²) in [6.45, 7) is 0.888. The summed E-state index contributed by atoms with van der Waals surface area (Å²) in [6.07, 6.45) is 2.97. The fourth-order valence-electron chi connectivity index (χ4n) is 0.727. The van der Waals surface area contributed by atoms with Crippen LogP contribution in [0.2, 0.25) is 0 Å². The average molecular weight is 115 g/mol. The molecule has 0 aromatic carbocycles. The standard InChI is InChI=1S/C5H9NO.CH4/c7-5-3-1-2-4-6-5;/h1-4H2,(H,6,7);1H4. The van der Waals surface area contributed by atoms with E-state index in [1.54, 1.807) is 0 Å². The van der Waals surface area contributed by atoms with Gasteiger partial charge < -0.3 is 5.32 Å². The minimum Gasteiger partial charge on any atom is -0.356 e. The Bertz CT molecular complexity index is 72.6. The molecule has 48 valence electrons. The van der Waals surface area contributed by atoms with Gasteiger partial charge in [0.2, 0.25) is 5.91 Å². The van der Waals surface area contributed by atoms with Crippen LogP contribution in [0.25, 0.3) is 0 Å². The zero-order valence-corrected chi connectivity index (χ0v) is 4.24. The lowest BCUT2D eigenvalue weighted by atomic mass is 10.2. The van der Waals surface area contributed by atoms with Gasteiger partial charge in [-0.05, 0) is 12.8 Å². The van der Waals surface area contributed by atoms with Crippen LogP contribution in [-0.2, 0) is 4.79 Å².